The van der Waals surface area contributed by atoms with Gasteiger partial charge in [-0.25, -0.2) is 0 Å². The van der Waals surface area contributed by atoms with Crippen LogP contribution in [0.2, 0.25) is 5.02 Å². The molecule has 0 aliphatic carbocycles. The van der Waals surface area contributed by atoms with Crippen LogP contribution in [-0.4, -0.2) is 35.0 Å². The third-order valence-corrected chi connectivity index (χ3v) is 4.90. The minimum Gasteiger partial charge on any atom is -0.494 e. The number of anilines is 1. The molecule has 0 aliphatic heterocycles. The van der Waals surface area contributed by atoms with Crippen molar-refractivity contribution in [2.75, 3.05) is 18.5 Å². The fraction of sp³-hybridized carbons (Fsp3) is 0.292. The van der Waals surface area contributed by atoms with Gasteiger partial charge >= 0.3 is 0 Å². The van der Waals surface area contributed by atoms with Gasteiger partial charge in [-0.05, 0) is 57.5 Å². The molecule has 1 amide bonds. The summed E-state index contributed by atoms with van der Waals surface area (Å²) in [5.74, 6) is 0.827. The maximum atomic E-state index is 12.8. The Morgan fingerprint density at radius 3 is 2.58 bits per heavy atom. The maximum absolute atomic E-state index is 12.8. The minimum absolute atomic E-state index is 0.115. The van der Waals surface area contributed by atoms with E-state index in [2.05, 4.69) is 10.4 Å². The Labute approximate surface area is 197 Å². The molecule has 9 heteroatoms. The summed E-state index contributed by atoms with van der Waals surface area (Å²) in [6, 6.07) is 13.1. The largest absolute Gasteiger partial charge is 0.494 e. The molecule has 3 aromatic rings. The molecular weight excluding hydrogens is 446 g/mol. The number of nitrogens with one attached hydrogen (secondary N) is 1. The van der Waals surface area contributed by atoms with E-state index in [0.717, 1.165) is 5.56 Å². The number of ether oxygens (including phenoxy) is 3. The number of rotatable bonds is 9. The molecule has 33 heavy (non-hydrogen) atoms. The Kier molecular flexibility index (Phi) is 7.95. The Morgan fingerprint density at radius 1 is 1.09 bits per heavy atom. The van der Waals surface area contributed by atoms with Crippen LogP contribution in [-0.2, 0) is 4.79 Å². The van der Waals surface area contributed by atoms with Gasteiger partial charge < -0.3 is 19.5 Å². The van der Waals surface area contributed by atoms with Crippen molar-refractivity contribution in [2.45, 2.75) is 33.8 Å². The fourth-order valence-corrected chi connectivity index (χ4v) is 3.22. The summed E-state index contributed by atoms with van der Waals surface area (Å²) in [6.45, 7) is 8.10. The number of aromatic nitrogens is 2. The lowest BCUT2D eigenvalue weighted by Gasteiger charge is -2.17. The molecule has 0 radical (unpaired) electrons. The number of benzene rings is 2. The molecule has 1 heterocycles. The predicted molar refractivity (Wildman–Crippen MR) is 127 cm³/mol. The predicted octanol–water partition coefficient (Wildman–Crippen LogP) is 4.40. The summed E-state index contributed by atoms with van der Waals surface area (Å²) in [7, 11) is 0. The van der Waals surface area contributed by atoms with Crippen LogP contribution < -0.4 is 25.1 Å². The van der Waals surface area contributed by atoms with Crippen molar-refractivity contribution in [3.05, 3.63) is 69.5 Å². The van der Waals surface area contributed by atoms with Crippen LogP contribution in [0.4, 0.5) is 5.69 Å². The molecular formula is C24H26ClN3O5. The number of aryl methyl sites for hydroxylation is 1. The van der Waals surface area contributed by atoms with E-state index in [0.29, 0.717) is 41.1 Å². The average Bonchev–Trinajstić information content (AvgIpc) is 2.79. The number of halogens is 1. The van der Waals surface area contributed by atoms with Crippen molar-refractivity contribution in [1.82, 2.24) is 9.78 Å². The highest BCUT2D eigenvalue weighted by molar-refractivity contribution is 6.30. The van der Waals surface area contributed by atoms with Gasteiger partial charge in [0, 0.05) is 23.2 Å². The van der Waals surface area contributed by atoms with Crippen LogP contribution in [0.5, 0.6) is 17.4 Å². The highest BCUT2D eigenvalue weighted by Crippen LogP contribution is 2.30. The third kappa shape index (κ3) is 6.04. The summed E-state index contributed by atoms with van der Waals surface area (Å²) < 4.78 is 18.0. The average molecular weight is 472 g/mol. The third-order valence-electron chi connectivity index (χ3n) is 4.66. The molecule has 0 saturated carbocycles. The highest BCUT2D eigenvalue weighted by atomic mass is 35.5. The van der Waals surface area contributed by atoms with Gasteiger partial charge in [-0.1, -0.05) is 17.7 Å². The summed E-state index contributed by atoms with van der Waals surface area (Å²) in [5.41, 5.74) is 1.47. The first-order chi connectivity index (χ1) is 15.8. The summed E-state index contributed by atoms with van der Waals surface area (Å²) in [4.78, 5) is 25.2. The molecule has 0 saturated heterocycles. The smallest absolute Gasteiger partial charge is 0.271 e. The van der Waals surface area contributed by atoms with Gasteiger partial charge in [0.1, 0.15) is 11.5 Å². The molecule has 0 unspecified atom stereocenters. The summed E-state index contributed by atoms with van der Waals surface area (Å²) in [6.07, 6.45) is -0.908. The topological polar surface area (TPSA) is 91.7 Å². The van der Waals surface area contributed by atoms with Crippen molar-refractivity contribution in [2.24, 2.45) is 0 Å². The highest BCUT2D eigenvalue weighted by Gasteiger charge is 2.19. The number of nitrogens with zero attached hydrogens (tertiary/aromatic N) is 2. The van der Waals surface area contributed by atoms with E-state index in [1.165, 1.54) is 16.8 Å². The van der Waals surface area contributed by atoms with Gasteiger partial charge in [0.15, 0.2) is 6.10 Å². The molecule has 174 valence electrons. The van der Waals surface area contributed by atoms with E-state index in [4.69, 9.17) is 25.8 Å². The standard InChI is InChI=1S/C24H26ClN3O5/c1-5-31-18-9-10-21(32-6-2)19(14-18)26-24(30)16(4)33-22-11-12-23(29)28(27-22)20-13-17(25)8-7-15(20)3/h7-14,16H,5-6H2,1-4H3,(H,26,30)/t16-/m0/s1. The molecule has 3 rings (SSSR count). The Hall–Kier alpha value is -3.52. The summed E-state index contributed by atoms with van der Waals surface area (Å²) in [5, 5.41) is 7.54. The summed E-state index contributed by atoms with van der Waals surface area (Å²) >= 11 is 6.08. The Morgan fingerprint density at radius 2 is 1.85 bits per heavy atom. The van der Waals surface area contributed by atoms with Crippen LogP contribution in [0, 0.1) is 6.92 Å². The van der Waals surface area contributed by atoms with Gasteiger partial charge in [-0.3, -0.25) is 9.59 Å². The number of hydrogen-bond acceptors (Lipinski definition) is 6. The Bertz CT molecular complexity index is 1190. The van der Waals surface area contributed by atoms with Gasteiger partial charge in [0.2, 0.25) is 5.88 Å². The van der Waals surface area contributed by atoms with E-state index in [-0.39, 0.29) is 11.4 Å². The van der Waals surface area contributed by atoms with Crippen molar-refractivity contribution < 1.29 is 19.0 Å². The molecule has 0 fully saturated rings. The van der Waals surface area contributed by atoms with Crippen molar-refractivity contribution >= 4 is 23.2 Å². The van der Waals surface area contributed by atoms with Crippen LogP contribution >= 0.6 is 11.6 Å². The zero-order valence-corrected chi connectivity index (χ0v) is 19.7. The van der Waals surface area contributed by atoms with E-state index in [1.54, 1.807) is 43.3 Å². The second-order valence-corrected chi connectivity index (χ2v) is 7.56. The van der Waals surface area contributed by atoms with Crippen molar-refractivity contribution in [1.29, 1.82) is 0 Å². The van der Waals surface area contributed by atoms with E-state index in [1.807, 2.05) is 20.8 Å². The fourth-order valence-electron chi connectivity index (χ4n) is 3.05. The first kappa shape index (κ1) is 24.1. The second kappa shape index (κ2) is 10.9. The van der Waals surface area contributed by atoms with Crippen molar-refractivity contribution in [3.63, 3.8) is 0 Å². The second-order valence-electron chi connectivity index (χ2n) is 7.13. The number of carbonyl (C=O) groups excluding carboxylic acids is 1. The van der Waals surface area contributed by atoms with E-state index in [9.17, 15) is 9.59 Å². The minimum atomic E-state index is -0.908. The zero-order valence-electron chi connectivity index (χ0n) is 18.9. The van der Waals surface area contributed by atoms with Crippen molar-refractivity contribution in [3.8, 4) is 23.1 Å². The molecule has 0 aliphatic rings. The van der Waals surface area contributed by atoms with E-state index >= 15 is 0 Å². The Balaban J connectivity index is 1.80. The van der Waals surface area contributed by atoms with Gasteiger partial charge in [-0.15, -0.1) is 5.10 Å². The number of hydrogen-bond donors (Lipinski definition) is 1. The quantitative estimate of drug-likeness (QED) is 0.497. The zero-order chi connectivity index (χ0) is 24.0. The van der Waals surface area contributed by atoms with Crippen LogP contribution in [0.1, 0.15) is 26.3 Å². The van der Waals surface area contributed by atoms with Crippen LogP contribution in [0.15, 0.2) is 53.3 Å². The molecule has 1 N–H and O–H groups in total. The maximum Gasteiger partial charge on any atom is 0.271 e. The molecule has 0 spiro atoms. The monoisotopic (exact) mass is 471 g/mol. The molecule has 8 nitrogen and oxygen atoms in total. The lowest BCUT2D eigenvalue weighted by Crippen LogP contribution is -2.31. The number of carbonyl (C=O) groups is 1. The molecule has 1 atom stereocenters. The SMILES string of the molecule is CCOc1ccc(OCC)c(NC(=O)[C@H](C)Oc2ccc(=O)n(-c3cc(Cl)ccc3C)n2)c1. The molecule has 1 aromatic heterocycles. The first-order valence-corrected chi connectivity index (χ1v) is 10.9. The number of amides is 1. The van der Waals surface area contributed by atoms with E-state index < -0.39 is 12.0 Å². The molecule has 2 aromatic carbocycles. The van der Waals surface area contributed by atoms with Crippen LogP contribution in [0.3, 0.4) is 0 Å². The first-order valence-electron chi connectivity index (χ1n) is 10.6. The lowest BCUT2D eigenvalue weighted by molar-refractivity contribution is -0.122. The lowest BCUT2D eigenvalue weighted by atomic mass is 10.2. The van der Waals surface area contributed by atoms with Crippen LogP contribution in [0.25, 0.3) is 5.69 Å². The van der Waals surface area contributed by atoms with Gasteiger partial charge in [-0.2, -0.15) is 4.68 Å². The molecule has 0 bridgehead atoms. The van der Waals surface area contributed by atoms with Gasteiger partial charge in [0.25, 0.3) is 11.5 Å². The van der Waals surface area contributed by atoms with Gasteiger partial charge in [0.05, 0.1) is 24.6 Å². The normalized spacial score (nSPS) is 11.5.